The van der Waals surface area contributed by atoms with Crippen molar-refractivity contribution in [1.29, 1.82) is 0 Å². The number of rotatable bonds is 5. The summed E-state index contributed by atoms with van der Waals surface area (Å²) in [5.41, 5.74) is 3.66. The summed E-state index contributed by atoms with van der Waals surface area (Å²) in [4.78, 5) is 39.8. The minimum Gasteiger partial charge on any atom is -0.465 e. The van der Waals surface area contributed by atoms with Gasteiger partial charge < -0.3 is 10.1 Å². The number of esters is 1. The fourth-order valence-corrected chi connectivity index (χ4v) is 5.20. The van der Waals surface area contributed by atoms with E-state index in [0.717, 1.165) is 32.8 Å². The first-order chi connectivity index (χ1) is 16.1. The molecule has 1 N–H and O–H groups in total. The zero-order chi connectivity index (χ0) is 24.7. The average molecular weight is 479 g/mol. The second-order valence-electron chi connectivity index (χ2n) is 8.21. The van der Waals surface area contributed by atoms with Gasteiger partial charge in [0.2, 0.25) is 5.91 Å². The molecule has 3 aromatic heterocycles. The molecule has 8 nitrogen and oxygen atoms in total. The molecule has 4 aromatic rings. The van der Waals surface area contributed by atoms with Gasteiger partial charge in [0, 0.05) is 16.3 Å². The van der Waals surface area contributed by atoms with E-state index in [4.69, 9.17) is 4.74 Å². The number of carbonyl (C=O) groups is 2. The fourth-order valence-electron chi connectivity index (χ4n) is 4.15. The number of hydrogen-bond donors (Lipinski definition) is 1. The van der Waals surface area contributed by atoms with Gasteiger partial charge in [-0.1, -0.05) is 18.2 Å². The first-order valence-electron chi connectivity index (χ1n) is 10.8. The molecule has 0 spiro atoms. The maximum Gasteiger partial charge on any atom is 0.341 e. The quantitative estimate of drug-likeness (QED) is 0.427. The largest absolute Gasteiger partial charge is 0.465 e. The van der Waals surface area contributed by atoms with Crippen LogP contribution >= 0.6 is 11.3 Å². The van der Waals surface area contributed by atoms with Crippen LogP contribution in [0.4, 0.5) is 5.00 Å². The Morgan fingerprint density at radius 1 is 1.12 bits per heavy atom. The molecule has 3 heterocycles. The minimum absolute atomic E-state index is 0.309. The van der Waals surface area contributed by atoms with E-state index in [1.165, 1.54) is 29.1 Å². The van der Waals surface area contributed by atoms with E-state index >= 15 is 0 Å². The number of amides is 1. The van der Waals surface area contributed by atoms with E-state index < -0.39 is 17.9 Å². The summed E-state index contributed by atoms with van der Waals surface area (Å²) < 4.78 is 8.06. The third-order valence-corrected chi connectivity index (χ3v) is 7.14. The summed E-state index contributed by atoms with van der Waals surface area (Å²) in [6.07, 6.45) is 0. The van der Waals surface area contributed by atoms with Crippen LogP contribution in [0, 0.1) is 27.7 Å². The SMILES string of the molecule is COC(=O)c1c(NC(=O)C(C)n2c(=O)cc(C)c3c(C)nn(-c4ccccc4)c32)sc(C)c1C. The van der Waals surface area contributed by atoms with Gasteiger partial charge in [-0.05, 0) is 57.9 Å². The first kappa shape index (κ1) is 23.4. The van der Waals surface area contributed by atoms with Crippen molar-refractivity contribution in [2.75, 3.05) is 12.4 Å². The van der Waals surface area contributed by atoms with E-state index in [0.29, 0.717) is 16.2 Å². The van der Waals surface area contributed by atoms with Crippen LogP contribution in [0.1, 0.15) is 45.0 Å². The Kier molecular flexibility index (Phi) is 6.14. The van der Waals surface area contributed by atoms with Crippen LogP contribution in [-0.2, 0) is 9.53 Å². The number of para-hydroxylation sites is 1. The van der Waals surface area contributed by atoms with Gasteiger partial charge in [-0.25, -0.2) is 9.48 Å². The van der Waals surface area contributed by atoms with Gasteiger partial charge in [0.15, 0.2) is 0 Å². The topological polar surface area (TPSA) is 95.2 Å². The number of aromatic nitrogens is 3. The highest BCUT2D eigenvalue weighted by atomic mass is 32.1. The number of carbonyl (C=O) groups excluding carboxylic acids is 2. The number of pyridine rings is 1. The molecule has 0 saturated carbocycles. The third kappa shape index (κ3) is 3.81. The lowest BCUT2D eigenvalue weighted by Gasteiger charge is -2.18. The van der Waals surface area contributed by atoms with Gasteiger partial charge in [0.25, 0.3) is 5.56 Å². The van der Waals surface area contributed by atoms with Gasteiger partial charge in [0.1, 0.15) is 16.7 Å². The Hall–Kier alpha value is -3.72. The van der Waals surface area contributed by atoms with Crippen molar-refractivity contribution in [2.24, 2.45) is 0 Å². The number of benzene rings is 1. The summed E-state index contributed by atoms with van der Waals surface area (Å²) >= 11 is 1.30. The molecule has 0 radical (unpaired) electrons. The van der Waals surface area contributed by atoms with E-state index in [9.17, 15) is 14.4 Å². The van der Waals surface area contributed by atoms with Crippen molar-refractivity contribution in [3.63, 3.8) is 0 Å². The summed E-state index contributed by atoms with van der Waals surface area (Å²) in [6.45, 7) is 9.10. The Morgan fingerprint density at radius 2 is 1.79 bits per heavy atom. The highest BCUT2D eigenvalue weighted by Gasteiger charge is 2.27. The summed E-state index contributed by atoms with van der Waals surface area (Å²) in [7, 11) is 1.30. The summed E-state index contributed by atoms with van der Waals surface area (Å²) in [6, 6.07) is 10.1. The molecular formula is C25H26N4O4S. The highest BCUT2D eigenvalue weighted by Crippen LogP contribution is 2.34. The predicted octanol–water partition coefficient (Wildman–Crippen LogP) is 4.47. The molecular weight excluding hydrogens is 452 g/mol. The van der Waals surface area contributed by atoms with Crippen molar-refractivity contribution in [2.45, 2.75) is 40.7 Å². The second-order valence-corrected chi connectivity index (χ2v) is 9.44. The minimum atomic E-state index is -0.873. The Morgan fingerprint density at radius 3 is 2.44 bits per heavy atom. The second kappa shape index (κ2) is 8.90. The van der Waals surface area contributed by atoms with Gasteiger partial charge in [-0.2, -0.15) is 5.10 Å². The predicted molar refractivity (Wildman–Crippen MR) is 133 cm³/mol. The fraction of sp³-hybridized carbons (Fsp3) is 0.280. The van der Waals surface area contributed by atoms with Gasteiger partial charge >= 0.3 is 5.97 Å². The molecule has 0 aliphatic rings. The number of aryl methyl sites for hydroxylation is 3. The Balaban J connectivity index is 1.85. The molecule has 1 amide bonds. The lowest BCUT2D eigenvalue weighted by atomic mass is 10.1. The van der Waals surface area contributed by atoms with Crippen LogP contribution in [-0.4, -0.2) is 33.3 Å². The molecule has 0 bridgehead atoms. The van der Waals surface area contributed by atoms with Crippen LogP contribution in [0.25, 0.3) is 16.7 Å². The van der Waals surface area contributed by atoms with Crippen molar-refractivity contribution in [3.8, 4) is 5.69 Å². The maximum atomic E-state index is 13.4. The molecule has 1 aromatic carbocycles. The van der Waals surface area contributed by atoms with E-state index in [1.54, 1.807) is 11.6 Å². The number of thiophene rings is 1. The molecule has 1 unspecified atom stereocenters. The zero-order valence-electron chi connectivity index (χ0n) is 19.9. The molecule has 1 atom stereocenters. The van der Waals surface area contributed by atoms with Crippen LogP contribution in [0.3, 0.4) is 0 Å². The van der Waals surface area contributed by atoms with E-state index in [-0.39, 0.29) is 5.56 Å². The molecule has 9 heteroatoms. The van der Waals surface area contributed by atoms with Crippen LogP contribution < -0.4 is 10.9 Å². The molecule has 0 saturated heterocycles. The third-order valence-electron chi connectivity index (χ3n) is 6.02. The Labute approximate surface area is 200 Å². The molecule has 176 valence electrons. The lowest BCUT2D eigenvalue weighted by molar-refractivity contribution is -0.118. The normalized spacial score (nSPS) is 12.1. The Bertz CT molecular complexity index is 1480. The lowest BCUT2D eigenvalue weighted by Crippen LogP contribution is -2.32. The zero-order valence-corrected chi connectivity index (χ0v) is 20.7. The average Bonchev–Trinajstić information content (AvgIpc) is 3.29. The van der Waals surface area contributed by atoms with Crippen molar-refractivity contribution < 1.29 is 14.3 Å². The van der Waals surface area contributed by atoms with Crippen molar-refractivity contribution in [1.82, 2.24) is 14.3 Å². The molecule has 0 fully saturated rings. The van der Waals surface area contributed by atoms with Gasteiger partial charge in [-0.3, -0.25) is 14.2 Å². The number of nitrogens with one attached hydrogen (secondary N) is 1. The number of anilines is 1. The van der Waals surface area contributed by atoms with Crippen LogP contribution in [0.2, 0.25) is 0 Å². The van der Waals surface area contributed by atoms with Gasteiger partial charge in [-0.15, -0.1) is 11.3 Å². The highest BCUT2D eigenvalue weighted by molar-refractivity contribution is 7.16. The standard InChI is InChI=1S/C25H26N4O4S/c1-13-12-19(30)28(24-20(13)15(3)27-29(24)18-10-8-7-9-11-18)16(4)22(31)26-23-21(25(32)33-6)14(2)17(5)34-23/h7-12,16H,1-6H3,(H,26,31). The van der Waals surface area contributed by atoms with E-state index in [1.807, 2.05) is 58.0 Å². The number of fused-ring (bicyclic) bond motifs is 1. The maximum absolute atomic E-state index is 13.4. The van der Waals surface area contributed by atoms with Crippen molar-refractivity contribution >= 4 is 39.2 Å². The van der Waals surface area contributed by atoms with Crippen LogP contribution in [0.5, 0.6) is 0 Å². The number of hydrogen-bond acceptors (Lipinski definition) is 6. The smallest absolute Gasteiger partial charge is 0.341 e. The molecule has 34 heavy (non-hydrogen) atoms. The van der Waals surface area contributed by atoms with Gasteiger partial charge in [0.05, 0.1) is 24.1 Å². The summed E-state index contributed by atoms with van der Waals surface area (Å²) in [5.74, 6) is -0.936. The molecule has 4 rings (SSSR count). The van der Waals surface area contributed by atoms with Crippen LogP contribution in [0.15, 0.2) is 41.2 Å². The number of nitrogens with zero attached hydrogens (tertiary/aromatic N) is 3. The van der Waals surface area contributed by atoms with E-state index in [2.05, 4.69) is 10.4 Å². The molecule has 0 aliphatic heterocycles. The first-order valence-corrected chi connectivity index (χ1v) is 11.6. The monoisotopic (exact) mass is 478 g/mol. The van der Waals surface area contributed by atoms with Crippen molar-refractivity contribution in [3.05, 3.63) is 74.0 Å². The number of ether oxygens (including phenoxy) is 1. The molecule has 0 aliphatic carbocycles. The summed E-state index contributed by atoms with van der Waals surface area (Å²) in [5, 5.41) is 8.75. The number of methoxy groups -OCH3 is 1.